The summed E-state index contributed by atoms with van der Waals surface area (Å²) in [4.78, 5) is 2.38. The van der Waals surface area contributed by atoms with Crippen molar-refractivity contribution >= 4 is 21.6 Å². The van der Waals surface area contributed by atoms with Crippen LogP contribution in [0.1, 0.15) is 26.7 Å². The zero-order valence-electron chi connectivity index (χ0n) is 9.78. The minimum Gasteiger partial charge on any atom is -0.393 e. The van der Waals surface area contributed by atoms with E-state index >= 15 is 0 Å². The van der Waals surface area contributed by atoms with Crippen LogP contribution in [-0.4, -0.2) is 23.3 Å². The second kappa shape index (κ2) is 4.38. The smallest absolute Gasteiger partial charge is 0.0579 e. The highest BCUT2D eigenvalue weighted by molar-refractivity contribution is 9.10. The molecule has 1 aliphatic heterocycles. The number of benzene rings is 1. The summed E-state index contributed by atoms with van der Waals surface area (Å²) in [5, 5.41) is 9.72. The summed E-state index contributed by atoms with van der Waals surface area (Å²) in [7, 11) is 0. The van der Waals surface area contributed by atoms with Gasteiger partial charge in [-0.1, -0.05) is 15.9 Å². The van der Waals surface area contributed by atoms with Crippen molar-refractivity contribution in [3.8, 4) is 0 Å². The van der Waals surface area contributed by atoms with Gasteiger partial charge >= 0.3 is 0 Å². The summed E-state index contributed by atoms with van der Waals surface area (Å²) in [6, 6.07) is 8.39. The van der Waals surface area contributed by atoms with E-state index in [0.29, 0.717) is 0 Å². The number of aliphatic hydroxyl groups is 1. The summed E-state index contributed by atoms with van der Waals surface area (Å²) in [5.74, 6) is 0. The zero-order chi connectivity index (χ0) is 11.8. The number of anilines is 1. The minimum absolute atomic E-state index is 0.0332. The van der Waals surface area contributed by atoms with Crippen molar-refractivity contribution in [1.29, 1.82) is 0 Å². The number of hydrogen-bond acceptors (Lipinski definition) is 2. The Morgan fingerprint density at radius 3 is 2.50 bits per heavy atom. The van der Waals surface area contributed by atoms with Gasteiger partial charge in [-0.15, -0.1) is 0 Å². The Labute approximate surface area is 105 Å². The van der Waals surface area contributed by atoms with Gasteiger partial charge in [0.1, 0.15) is 0 Å². The highest BCUT2D eigenvalue weighted by atomic mass is 79.9. The lowest BCUT2D eigenvalue weighted by atomic mass is 9.88. The normalized spacial score (nSPS) is 24.5. The Balaban J connectivity index is 2.23. The van der Waals surface area contributed by atoms with Gasteiger partial charge in [0.05, 0.1) is 6.10 Å². The van der Waals surface area contributed by atoms with E-state index < -0.39 is 0 Å². The summed E-state index contributed by atoms with van der Waals surface area (Å²) in [6.45, 7) is 5.31. The molecule has 2 nitrogen and oxygen atoms in total. The molecule has 1 unspecified atom stereocenters. The predicted molar refractivity (Wildman–Crippen MR) is 70.8 cm³/mol. The SMILES string of the molecule is CC1(C)CC(O)CCN1c1ccc(Br)cc1. The first-order valence-corrected chi connectivity index (χ1v) is 6.50. The average molecular weight is 284 g/mol. The maximum Gasteiger partial charge on any atom is 0.0579 e. The number of nitrogens with zero attached hydrogens (tertiary/aromatic N) is 1. The van der Waals surface area contributed by atoms with E-state index in [-0.39, 0.29) is 11.6 Å². The molecule has 1 saturated heterocycles. The van der Waals surface area contributed by atoms with Gasteiger partial charge in [0.2, 0.25) is 0 Å². The van der Waals surface area contributed by atoms with Crippen LogP contribution in [-0.2, 0) is 0 Å². The summed E-state index contributed by atoms with van der Waals surface area (Å²) in [6.07, 6.45) is 1.55. The first-order valence-electron chi connectivity index (χ1n) is 5.70. The van der Waals surface area contributed by atoms with Gasteiger partial charge in [0.15, 0.2) is 0 Å². The van der Waals surface area contributed by atoms with Crippen LogP contribution in [0.4, 0.5) is 5.69 Å². The molecule has 0 aliphatic carbocycles. The number of aliphatic hydroxyl groups excluding tert-OH is 1. The summed E-state index contributed by atoms with van der Waals surface area (Å²) >= 11 is 3.45. The van der Waals surface area contributed by atoms with Gasteiger partial charge in [-0.25, -0.2) is 0 Å². The lowest BCUT2D eigenvalue weighted by molar-refractivity contribution is 0.107. The fraction of sp³-hybridized carbons (Fsp3) is 0.538. The van der Waals surface area contributed by atoms with Crippen molar-refractivity contribution < 1.29 is 5.11 Å². The van der Waals surface area contributed by atoms with E-state index in [4.69, 9.17) is 0 Å². The van der Waals surface area contributed by atoms with E-state index in [1.807, 2.05) is 0 Å². The maximum absolute atomic E-state index is 9.72. The van der Waals surface area contributed by atoms with Crippen LogP contribution < -0.4 is 4.90 Å². The van der Waals surface area contributed by atoms with Crippen LogP contribution in [0.2, 0.25) is 0 Å². The molecule has 0 aromatic heterocycles. The molecule has 16 heavy (non-hydrogen) atoms. The molecule has 0 bridgehead atoms. The summed E-state index contributed by atoms with van der Waals surface area (Å²) in [5.41, 5.74) is 1.27. The van der Waals surface area contributed by atoms with Crippen molar-refractivity contribution in [3.05, 3.63) is 28.7 Å². The Bertz CT molecular complexity index is 361. The van der Waals surface area contributed by atoms with Crippen molar-refractivity contribution in [2.75, 3.05) is 11.4 Å². The molecule has 2 rings (SSSR count). The van der Waals surface area contributed by atoms with Crippen LogP contribution in [0.15, 0.2) is 28.7 Å². The predicted octanol–water partition coefficient (Wildman–Crippen LogP) is 3.19. The van der Waals surface area contributed by atoms with E-state index in [0.717, 1.165) is 23.9 Å². The van der Waals surface area contributed by atoms with Crippen LogP contribution in [0.5, 0.6) is 0 Å². The second-order valence-electron chi connectivity index (χ2n) is 5.09. The van der Waals surface area contributed by atoms with E-state index in [9.17, 15) is 5.11 Å². The second-order valence-corrected chi connectivity index (χ2v) is 6.00. The van der Waals surface area contributed by atoms with Gasteiger partial charge < -0.3 is 10.0 Å². The fourth-order valence-electron chi connectivity index (χ4n) is 2.47. The third-order valence-corrected chi connectivity index (χ3v) is 3.82. The molecule has 88 valence electrons. The zero-order valence-corrected chi connectivity index (χ0v) is 11.4. The third kappa shape index (κ3) is 2.41. The Morgan fingerprint density at radius 1 is 1.31 bits per heavy atom. The van der Waals surface area contributed by atoms with E-state index in [1.165, 1.54) is 5.69 Å². The number of piperidine rings is 1. The van der Waals surface area contributed by atoms with Crippen LogP contribution >= 0.6 is 15.9 Å². The van der Waals surface area contributed by atoms with Crippen LogP contribution in [0.3, 0.4) is 0 Å². The number of rotatable bonds is 1. The van der Waals surface area contributed by atoms with Gasteiger partial charge in [-0.3, -0.25) is 0 Å². The van der Waals surface area contributed by atoms with E-state index in [1.54, 1.807) is 0 Å². The molecule has 1 fully saturated rings. The Kier molecular flexibility index (Phi) is 3.27. The highest BCUT2D eigenvalue weighted by Crippen LogP contribution is 2.33. The van der Waals surface area contributed by atoms with Crippen molar-refractivity contribution in [1.82, 2.24) is 0 Å². The molecule has 1 atom stereocenters. The van der Waals surface area contributed by atoms with Crippen molar-refractivity contribution in [2.24, 2.45) is 0 Å². The lowest BCUT2D eigenvalue weighted by Gasteiger charge is -2.46. The Hall–Kier alpha value is -0.540. The maximum atomic E-state index is 9.72. The molecular weight excluding hydrogens is 266 g/mol. The first kappa shape index (κ1) is 11.9. The molecule has 0 spiro atoms. The van der Waals surface area contributed by atoms with Crippen LogP contribution in [0.25, 0.3) is 0 Å². The van der Waals surface area contributed by atoms with Gasteiger partial charge in [0, 0.05) is 22.2 Å². The molecule has 0 amide bonds. The lowest BCUT2D eigenvalue weighted by Crippen LogP contribution is -2.51. The molecule has 0 radical (unpaired) electrons. The third-order valence-electron chi connectivity index (χ3n) is 3.29. The molecular formula is C13H18BrNO. The van der Waals surface area contributed by atoms with Gasteiger partial charge in [-0.05, 0) is 51.0 Å². The first-order chi connectivity index (χ1) is 7.49. The molecule has 1 N–H and O–H groups in total. The van der Waals surface area contributed by atoms with E-state index in [2.05, 4.69) is 58.9 Å². The fourth-order valence-corrected chi connectivity index (χ4v) is 2.73. The van der Waals surface area contributed by atoms with Gasteiger partial charge in [-0.2, -0.15) is 0 Å². The minimum atomic E-state index is -0.151. The molecule has 1 aromatic rings. The van der Waals surface area contributed by atoms with Crippen molar-refractivity contribution in [3.63, 3.8) is 0 Å². The average Bonchev–Trinajstić information content (AvgIpc) is 2.18. The molecule has 1 heterocycles. The van der Waals surface area contributed by atoms with Crippen LogP contribution in [0, 0.1) is 0 Å². The Morgan fingerprint density at radius 2 is 1.94 bits per heavy atom. The molecule has 3 heteroatoms. The summed E-state index contributed by atoms with van der Waals surface area (Å²) < 4.78 is 1.10. The van der Waals surface area contributed by atoms with Gasteiger partial charge in [0.25, 0.3) is 0 Å². The number of halogens is 1. The topological polar surface area (TPSA) is 23.5 Å². The quantitative estimate of drug-likeness (QED) is 0.856. The van der Waals surface area contributed by atoms with Crippen molar-refractivity contribution in [2.45, 2.75) is 38.3 Å². The monoisotopic (exact) mass is 283 g/mol. The molecule has 1 aromatic carbocycles. The molecule has 1 aliphatic rings. The standard InChI is InChI=1S/C13H18BrNO/c1-13(2)9-12(16)7-8-15(13)11-5-3-10(14)4-6-11/h3-6,12,16H,7-9H2,1-2H3. The largest absolute Gasteiger partial charge is 0.393 e. The number of hydrogen-bond donors (Lipinski definition) is 1. The molecule has 0 saturated carbocycles. The highest BCUT2D eigenvalue weighted by Gasteiger charge is 2.33.